The van der Waals surface area contributed by atoms with Gasteiger partial charge in [-0.1, -0.05) is 16.8 Å². The Morgan fingerprint density at radius 3 is 2.32 bits per heavy atom. The second-order valence-corrected chi connectivity index (χ2v) is 14.4. The highest BCUT2D eigenvalue weighted by molar-refractivity contribution is 7.90. The van der Waals surface area contributed by atoms with E-state index in [1.54, 1.807) is 43.9 Å². The molecule has 1 unspecified atom stereocenters. The average Bonchev–Trinajstić information content (AvgIpc) is 3.44. The van der Waals surface area contributed by atoms with Crippen LogP contribution in [0.5, 0.6) is 0 Å². The van der Waals surface area contributed by atoms with Crippen molar-refractivity contribution in [1.29, 1.82) is 0 Å². The van der Waals surface area contributed by atoms with Gasteiger partial charge in [0, 0.05) is 29.8 Å². The van der Waals surface area contributed by atoms with Crippen LogP contribution in [0.3, 0.4) is 0 Å². The third-order valence-electron chi connectivity index (χ3n) is 6.11. The van der Waals surface area contributed by atoms with E-state index in [1.807, 2.05) is 26.8 Å². The van der Waals surface area contributed by atoms with Crippen LogP contribution in [0.15, 0.2) is 45.8 Å². The SMILES string of the molecule is CC(C)(C)OC(=O)CCC1Cc2cc(-c3noc(-c4ccc(Cl)c(S(C)(=O)=O)c4)n3)ccc2N1C(=O)OC(C)(C)C. The molecule has 10 nitrogen and oxygen atoms in total. The zero-order chi connectivity index (χ0) is 30.3. The van der Waals surface area contributed by atoms with Crippen molar-refractivity contribution >= 4 is 39.2 Å². The van der Waals surface area contributed by atoms with Crippen molar-refractivity contribution < 1.29 is 32.0 Å². The minimum Gasteiger partial charge on any atom is -0.460 e. The van der Waals surface area contributed by atoms with E-state index in [-0.39, 0.29) is 34.2 Å². The topological polar surface area (TPSA) is 129 Å². The fraction of sp³-hybridized carbons (Fsp3) is 0.448. The van der Waals surface area contributed by atoms with Crippen molar-refractivity contribution in [3.8, 4) is 22.8 Å². The number of sulfone groups is 1. The first-order valence-corrected chi connectivity index (χ1v) is 15.4. The summed E-state index contributed by atoms with van der Waals surface area (Å²) in [6, 6.07) is 9.59. The molecule has 3 aromatic rings. The largest absolute Gasteiger partial charge is 0.460 e. The molecule has 0 fully saturated rings. The summed E-state index contributed by atoms with van der Waals surface area (Å²) < 4.78 is 40.7. The fourth-order valence-electron chi connectivity index (χ4n) is 4.51. The lowest BCUT2D eigenvalue weighted by molar-refractivity contribution is -0.155. The van der Waals surface area contributed by atoms with Crippen molar-refractivity contribution in [1.82, 2.24) is 10.1 Å². The summed E-state index contributed by atoms with van der Waals surface area (Å²) in [7, 11) is -3.56. The quantitative estimate of drug-likeness (QED) is 0.300. The van der Waals surface area contributed by atoms with Crippen LogP contribution in [-0.4, -0.2) is 54.1 Å². The molecule has 1 atom stereocenters. The van der Waals surface area contributed by atoms with Crippen LogP contribution in [0.2, 0.25) is 5.02 Å². The summed E-state index contributed by atoms with van der Waals surface area (Å²) in [5, 5.41) is 4.19. The number of rotatable bonds is 6. The predicted molar refractivity (Wildman–Crippen MR) is 155 cm³/mol. The predicted octanol–water partition coefficient (Wildman–Crippen LogP) is 6.25. The molecule has 0 N–H and O–H groups in total. The number of anilines is 1. The molecule has 4 rings (SSSR count). The van der Waals surface area contributed by atoms with Crippen molar-refractivity contribution in [2.45, 2.75) is 82.9 Å². The van der Waals surface area contributed by atoms with Crippen LogP contribution in [0, 0.1) is 0 Å². The van der Waals surface area contributed by atoms with Crippen molar-refractivity contribution in [2.75, 3.05) is 11.2 Å². The number of amides is 1. The van der Waals surface area contributed by atoms with Gasteiger partial charge in [-0.25, -0.2) is 13.2 Å². The highest BCUT2D eigenvalue weighted by Crippen LogP contribution is 2.38. The molecule has 1 aliphatic heterocycles. The summed E-state index contributed by atoms with van der Waals surface area (Å²) in [6.07, 6.45) is 1.61. The summed E-state index contributed by atoms with van der Waals surface area (Å²) in [6.45, 7) is 10.8. The Kier molecular flexibility index (Phi) is 8.26. The molecule has 0 radical (unpaired) electrons. The number of carbonyl (C=O) groups excluding carboxylic acids is 2. The normalized spacial score (nSPS) is 15.5. The molecule has 220 valence electrons. The number of hydrogen-bond donors (Lipinski definition) is 0. The molecule has 1 aliphatic rings. The Hall–Kier alpha value is -3.44. The number of hydrogen-bond acceptors (Lipinski definition) is 9. The number of benzene rings is 2. The minimum atomic E-state index is -3.56. The number of fused-ring (bicyclic) bond motifs is 1. The maximum absolute atomic E-state index is 13.2. The number of halogens is 1. The van der Waals surface area contributed by atoms with Gasteiger partial charge in [-0.2, -0.15) is 4.98 Å². The fourth-order valence-corrected chi connectivity index (χ4v) is 5.81. The van der Waals surface area contributed by atoms with Gasteiger partial charge in [0.25, 0.3) is 5.89 Å². The zero-order valence-electron chi connectivity index (χ0n) is 24.1. The van der Waals surface area contributed by atoms with Crippen LogP contribution in [0.1, 0.15) is 59.9 Å². The van der Waals surface area contributed by atoms with E-state index >= 15 is 0 Å². The van der Waals surface area contributed by atoms with Crippen molar-refractivity contribution in [3.63, 3.8) is 0 Å². The molecule has 0 aliphatic carbocycles. The third kappa shape index (κ3) is 7.45. The maximum atomic E-state index is 13.2. The van der Waals surface area contributed by atoms with Gasteiger partial charge in [0.2, 0.25) is 5.82 Å². The van der Waals surface area contributed by atoms with Crippen LogP contribution in [0.4, 0.5) is 10.5 Å². The average molecular weight is 604 g/mol. The first kappa shape index (κ1) is 30.5. The Bertz CT molecular complexity index is 1590. The van der Waals surface area contributed by atoms with Gasteiger partial charge in [-0.05, 0) is 96.3 Å². The summed E-state index contributed by atoms with van der Waals surface area (Å²) >= 11 is 6.06. The Morgan fingerprint density at radius 2 is 1.68 bits per heavy atom. The van der Waals surface area contributed by atoms with Crippen molar-refractivity contribution in [3.05, 3.63) is 47.0 Å². The molecular weight excluding hydrogens is 570 g/mol. The highest BCUT2D eigenvalue weighted by atomic mass is 35.5. The molecule has 12 heteroatoms. The minimum absolute atomic E-state index is 0.0337. The Morgan fingerprint density at radius 1 is 1.02 bits per heavy atom. The molecule has 1 amide bonds. The van der Waals surface area contributed by atoms with Gasteiger partial charge in [-0.3, -0.25) is 9.69 Å². The standard InChI is InChI=1S/C29H34ClN3O7S/c1-28(2,3)38-24(34)13-10-20-15-19-14-17(9-12-22(19)33(20)27(35)39-29(4,5)6)25-31-26(40-32-25)18-8-11-21(30)23(16-18)41(7,36)37/h8-9,11-12,14,16,20H,10,13,15H2,1-7H3. The zero-order valence-corrected chi connectivity index (χ0v) is 25.7. The molecule has 0 saturated heterocycles. The smallest absolute Gasteiger partial charge is 0.415 e. The summed E-state index contributed by atoms with van der Waals surface area (Å²) in [5.74, 6) is 0.0891. The highest BCUT2D eigenvalue weighted by Gasteiger charge is 2.37. The number of carbonyl (C=O) groups is 2. The van der Waals surface area contributed by atoms with E-state index < -0.39 is 27.1 Å². The van der Waals surface area contributed by atoms with E-state index in [2.05, 4.69) is 10.1 Å². The van der Waals surface area contributed by atoms with E-state index in [0.717, 1.165) is 11.8 Å². The molecule has 2 heterocycles. The van der Waals surface area contributed by atoms with Gasteiger partial charge in [0.1, 0.15) is 11.2 Å². The van der Waals surface area contributed by atoms with Gasteiger partial charge in [0.05, 0.1) is 15.6 Å². The molecule has 41 heavy (non-hydrogen) atoms. The Balaban J connectivity index is 1.61. The maximum Gasteiger partial charge on any atom is 0.415 e. The third-order valence-corrected chi connectivity index (χ3v) is 7.69. The van der Waals surface area contributed by atoms with Crippen LogP contribution >= 0.6 is 11.6 Å². The first-order valence-electron chi connectivity index (χ1n) is 13.1. The van der Waals surface area contributed by atoms with Crippen LogP contribution < -0.4 is 4.90 Å². The molecule has 0 saturated carbocycles. The van der Waals surface area contributed by atoms with E-state index in [9.17, 15) is 18.0 Å². The molecule has 0 bridgehead atoms. The van der Waals surface area contributed by atoms with E-state index in [4.69, 9.17) is 25.6 Å². The van der Waals surface area contributed by atoms with E-state index in [0.29, 0.717) is 35.5 Å². The van der Waals surface area contributed by atoms with Crippen LogP contribution in [-0.2, 0) is 30.5 Å². The molecular formula is C29H34ClN3O7S. The van der Waals surface area contributed by atoms with E-state index in [1.165, 1.54) is 12.1 Å². The van der Waals surface area contributed by atoms with Gasteiger partial charge in [-0.15, -0.1) is 0 Å². The van der Waals surface area contributed by atoms with Crippen molar-refractivity contribution in [2.24, 2.45) is 0 Å². The van der Waals surface area contributed by atoms with Gasteiger partial charge in [0.15, 0.2) is 9.84 Å². The number of aromatic nitrogens is 2. The summed E-state index contributed by atoms with van der Waals surface area (Å²) in [4.78, 5) is 31.7. The number of ether oxygens (including phenoxy) is 2. The van der Waals surface area contributed by atoms with Gasteiger partial charge >= 0.3 is 12.1 Å². The second kappa shape index (κ2) is 11.1. The lowest BCUT2D eigenvalue weighted by Crippen LogP contribution is -2.41. The molecule has 0 spiro atoms. The molecule has 2 aromatic carbocycles. The lowest BCUT2D eigenvalue weighted by atomic mass is 10.0. The monoisotopic (exact) mass is 603 g/mol. The lowest BCUT2D eigenvalue weighted by Gasteiger charge is -2.29. The summed E-state index contributed by atoms with van der Waals surface area (Å²) in [5.41, 5.74) is 1.30. The Labute approximate surface area is 244 Å². The molecule has 1 aromatic heterocycles. The van der Waals surface area contributed by atoms with Gasteiger partial charge < -0.3 is 14.0 Å². The number of esters is 1. The second-order valence-electron chi connectivity index (χ2n) is 12.0. The van der Waals surface area contributed by atoms with Crippen LogP contribution in [0.25, 0.3) is 22.8 Å². The first-order chi connectivity index (χ1) is 18.9. The number of nitrogens with zero attached hydrogens (tertiary/aromatic N) is 3.